The molecule has 0 aliphatic heterocycles. The summed E-state index contributed by atoms with van der Waals surface area (Å²) in [6, 6.07) is 12.9. The Kier molecular flexibility index (Phi) is 7.02. The van der Waals surface area contributed by atoms with Crippen LogP contribution in [0.1, 0.15) is 12.5 Å². The molecule has 0 saturated heterocycles. The zero-order valence-corrected chi connectivity index (χ0v) is 16.1. The minimum atomic E-state index is -3.80. The molecule has 6 nitrogen and oxygen atoms in total. The predicted octanol–water partition coefficient (Wildman–Crippen LogP) is 3.10. The monoisotopic (exact) mass is 397 g/mol. The SMILES string of the molecule is CCOc1ccccc1COC(=O)CN(C)S(=O)(=O)c1ccc(Cl)cc1. The molecule has 0 aliphatic carbocycles. The van der Waals surface area contributed by atoms with Gasteiger partial charge in [-0.1, -0.05) is 29.8 Å². The molecule has 26 heavy (non-hydrogen) atoms. The van der Waals surface area contributed by atoms with Gasteiger partial charge >= 0.3 is 5.97 Å². The third-order valence-electron chi connectivity index (χ3n) is 3.53. The van der Waals surface area contributed by atoms with E-state index in [9.17, 15) is 13.2 Å². The molecule has 2 aromatic carbocycles. The number of hydrogen-bond donors (Lipinski definition) is 0. The Bertz CT molecular complexity index is 852. The fraction of sp³-hybridized carbons (Fsp3) is 0.278. The summed E-state index contributed by atoms with van der Waals surface area (Å²) in [6.45, 7) is 1.96. The Labute approximate surface area is 158 Å². The van der Waals surface area contributed by atoms with Crippen molar-refractivity contribution in [3.8, 4) is 5.75 Å². The Balaban J connectivity index is 1.98. The average Bonchev–Trinajstić information content (AvgIpc) is 2.61. The van der Waals surface area contributed by atoms with Crippen molar-refractivity contribution in [1.82, 2.24) is 4.31 Å². The van der Waals surface area contributed by atoms with Crippen LogP contribution in [0.3, 0.4) is 0 Å². The smallest absolute Gasteiger partial charge is 0.321 e. The number of esters is 1. The van der Waals surface area contributed by atoms with Gasteiger partial charge in [0.05, 0.1) is 11.5 Å². The summed E-state index contributed by atoms with van der Waals surface area (Å²) < 4.78 is 36.5. The molecule has 2 aromatic rings. The number of sulfonamides is 1. The maximum atomic E-state index is 12.4. The second-order valence-corrected chi connectivity index (χ2v) is 7.90. The van der Waals surface area contributed by atoms with Crippen molar-refractivity contribution in [3.05, 3.63) is 59.1 Å². The van der Waals surface area contributed by atoms with Crippen molar-refractivity contribution in [2.45, 2.75) is 18.4 Å². The van der Waals surface area contributed by atoms with E-state index in [1.807, 2.05) is 19.1 Å². The number of rotatable bonds is 8. The van der Waals surface area contributed by atoms with Gasteiger partial charge in [-0.3, -0.25) is 4.79 Å². The summed E-state index contributed by atoms with van der Waals surface area (Å²) in [5, 5.41) is 0.430. The number of ether oxygens (including phenoxy) is 2. The zero-order valence-electron chi connectivity index (χ0n) is 14.5. The molecular formula is C18H20ClNO5S. The molecule has 0 N–H and O–H groups in total. The van der Waals surface area contributed by atoms with E-state index in [0.717, 1.165) is 4.31 Å². The Morgan fingerprint density at radius 3 is 2.42 bits per heavy atom. The molecule has 0 aliphatic rings. The molecular weight excluding hydrogens is 378 g/mol. The number of halogens is 1. The molecule has 0 bridgehead atoms. The summed E-state index contributed by atoms with van der Waals surface area (Å²) in [7, 11) is -2.48. The lowest BCUT2D eigenvalue weighted by Gasteiger charge is -2.17. The topological polar surface area (TPSA) is 72.9 Å². The average molecular weight is 398 g/mol. The van der Waals surface area contributed by atoms with E-state index in [4.69, 9.17) is 21.1 Å². The van der Waals surface area contributed by atoms with Crippen LogP contribution in [0.15, 0.2) is 53.4 Å². The molecule has 0 atom stereocenters. The summed E-state index contributed by atoms with van der Waals surface area (Å²) in [5.74, 6) is -0.0266. The maximum absolute atomic E-state index is 12.4. The highest BCUT2D eigenvalue weighted by Gasteiger charge is 2.23. The largest absolute Gasteiger partial charge is 0.493 e. The number of para-hydroxylation sites is 1. The van der Waals surface area contributed by atoms with Gasteiger partial charge in [-0.05, 0) is 37.3 Å². The standard InChI is InChI=1S/C18H20ClNO5S/c1-3-24-17-7-5-4-6-14(17)13-25-18(21)12-20(2)26(22,23)16-10-8-15(19)9-11-16/h4-11H,3,12-13H2,1-2H3. The van der Waals surface area contributed by atoms with Crippen molar-refractivity contribution in [2.24, 2.45) is 0 Å². The van der Waals surface area contributed by atoms with Gasteiger partial charge in [-0.25, -0.2) is 8.42 Å². The molecule has 0 heterocycles. The van der Waals surface area contributed by atoms with E-state index >= 15 is 0 Å². The highest BCUT2D eigenvalue weighted by atomic mass is 35.5. The Hall–Kier alpha value is -2.09. The van der Waals surface area contributed by atoms with Gasteiger partial charge in [-0.15, -0.1) is 0 Å². The van der Waals surface area contributed by atoms with E-state index < -0.39 is 22.5 Å². The van der Waals surface area contributed by atoms with Crippen LogP contribution < -0.4 is 4.74 Å². The Morgan fingerprint density at radius 1 is 1.12 bits per heavy atom. The van der Waals surface area contributed by atoms with Crippen LogP contribution >= 0.6 is 11.6 Å². The lowest BCUT2D eigenvalue weighted by Crippen LogP contribution is -2.33. The number of carbonyl (C=O) groups is 1. The van der Waals surface area contributed by atoms with E-state index in [1.165, 1.54) is 31.3 Å². The second kappa shape index (κ2) is 9.02. The number of hydrogen-bond acceptors (Lipinski definition) is 5. The molecule has 0 amide bonds. The van der Waals surface area contributed by atoms with Crippen LogP contribution in [0.4, 0.5) is 0 Å². The van der Waals surface area contributed by atoms with Gasteiger partial charge in [0.1, 0.15) is 18.9 Å². The van der Waals surface area contributed by atoms with Crippen molar-refractivity contribution in [1.29, 1.82) is 0 Å². The van der Waals surface area contributed by atoms with Crippen molar-refractivity contribution in [3.63, 3.8) is 0 Å². The minimum absolute atomic E-state index is 0.00381. The fourth-order valence-corrected chi connectivity index (χ4v) is 3.42. The molecule has 8 heteroatoms. The first-order valence-corrected chi connectivity index (χ1v) is 9.74. The number of likely N-dealkylation sites (N-methyl/N-ethyl adjacent to an activating group) is 1. The molecule has 140 valence electrons. The van der Waals surface area contributed by atoms with Gasteiger partial charge in [-0.2, -0.15) is 4.31 Å². The molecule has 0 aromatic heterocycles. The first kappa shape index (κ1) is 20.2. The third-order valence-corrected chi connectivity index (χ3v) is 5.60. The van der Waals surface area contributed by atoms with E-state index in [0.29, 0.717) is 22.9 Å². The zero-order chi connectivity index (χ0) is 19.2. The second-order valence-electron chi connectivity index (χ2n) is 5.42. The van der Waals surface area contributed by atoms with Crippen LogP contribution in [0, 0.1) is 0 Å². The summed E-state index contributed by atoms with van der Waals surface area (Å²) in [5.41, 5.74) is 0.714. The number of benzene rings is 2. The van der Waals surface area contributed by atoms with Crippen LogP contribution in [0.2, 0.25) is 5.02 Å². The van der Waals surface area contributed by atoms with Crippen LogP contribution in [0.5, 0.6) is 5.75 Å². The van der Waals surface area contributed by atoms with Gasteiger partial charge in [0.25, 0.3) is 0 Å². The molecule has 2 rings (SSSR count). The van der Waals surface area contributed by atoms with Crippen LogP contribution in [-0.2, 0) is 26.2 Å². The highest BCUT2D eigenvalue weighted by Crippen LogP contribution is 2.20. The summed E-state index contributed by atoms with van der Waals surface area (Å²) in [6.07, 6.45) is 0. The third kappa shape index (κ3) is 5.20. The van der Waals surface area contributed by atoms with E-state index in [2.05, 4.69) is 0 Å². The van der Waals surface area contributed by atoms with E-state index in [1.54, 1.807) is 12.1 Å². The molecule has 0 radical (unpaired) electrons. The molecule has 0 saturated carbocycles. The summed E-state index contributed by atoms with van der Waals surface area (Å²) in [4.78, 5) is 12.1. The number of carbonyl (C=O) groups excluding carboxylic acids is 1. The first-order valence-electron chi connectivity index (χ1n) is 7.93. The van der Waals surface area contributed by atoms with Gasteiger partial charge < -0.3 is 9.47 Å². The molecule has 0 unspecified atom stereocenters. The summed E-state index contributed by atoms with van der Waals surface area (Å²) >= 11 is 5.77. The lowest BCUT2D eigenvalue weighted by molar-refractivity contribution is -0.144. The maximum Gasteiger partial charge on any atom is 0.321 e. The van der Waals surface area contributed by atoms with E-state index in [-0.39, 0.29) is 11.5 Å². The van der Waals surface area contributed by atoms with Crippen molar-refractivity contribution >= 4 is 27.6 Å². The minimum Gasteiger partial charge on any atom is -0.493 e. The quantitative estimate of drug-likeness (QED) is 0.640. The molecule has 0 fully saturated rings. The lowest BCUT2D eigenvalue weighted by atomic mass is 10.2. The fourth-order valence-electron chi connectivity index (χ4n) is 2.18. The normalized spacial score (nSPS) is 11.4. The Morgan fingerprint density at radius 2 is 1.77 bits per heavy atom. The van der Waals surface area contributed by atoms with Gasteiger partial charge in [0.15, 0.2) is 0 Å². The number of nitrogens with zero attached hydrogens (tertiary/aromatic N) is 1. The van der Waals surface area contributed by atoms with Crippen molar-refractivity contribution in [2.75, 3.05) is 20.2 Å². The predicted molar refractivity (Wildman–Crippen MR) is 98.7 cm³/mol. The van der Waals surface area contributed by atoms with Gasteiger partial charge in [0, 0.05) is 17.6 Å². The van der Waals surface area contributed by atoms with Crippen LogP contribution in [0.25, 0.3) is 0 Å². The first-order chi connectivity index (χ1) is 12.3. The van der Waals surface area contributed by atoms with Gasteiger partial charge in [0.2, 0.25) is 10.0 Å². The van der Waals surface area contributed by atoms with Crippen LogP contribution in [-0.4, -0.2) is 38.9 Å². The van der Waals surface area contributed by atoms with Crippen molar-refractivity contribution < 1.29 is 22.7 Å². The molecule has 0 spiro atoms. The highest BCUT2D eigenvalue weighted by molar-refractivity contribution is 7.89.